The van der Waals surface area contributed by atoms with Crippen molar-refractivity contribution in [3.05, 3.63) is 54.4 Å². The van der Waals surface area contributed by atoms with Gasteiger partial charge >= 0.3 is 6.18 Å². The highest BCUT2D eigenvalue weighted by molar-refractivity contribution is 7.89. The SMILES string of the molecule is CCCOc1cnc2c(c1)c(C#N)c(-c1ccc(S(=O)(=O)N[C@H](C)C(F)(F)F)cn1)n2C1=CC=C1. The lowest BCUT2D eigenvalue weighted by Crippen LogP contribution is -2.42. The first-order valence-corrected chi connectivity index (χ1v) is 12.1. The van der Waals surface area contributed by atoms with E-state index in [9.17, 15) is 26.9 Å². The van der Waals surface area contributed by atoms with Gasteiger partial charge in [-0.15, -0.1) is 0 Å². The molecule has 182 valence electrons. The van der Waals surface area contributed by atoms with Crippen molar-refractivity contribution in [2.24, 2.45) is 0 Å². The summed E-state index contributed by atoms with van der Waals surface area (Å²) < 4.78 is 72.2. The van der Waals surface area contributed by atoms with Crippen molar-refractivity contribution in [1.82, 2.24) is 19.3 Å². The fraction of sp³-hybridized carbons (Fsp3) is 0.261. The van der Waals surface area contributed by atoms with E-state index >= 15 is 0 Å². The number of hydrogen-bond donors (Lipinski definition) is 1. The van der Waals surface area contributed by atoms with Crippen LogP contribution in [0.25, 0.3) is 28.1 Å². The number of rotatable bonds is 8. The first kappa shape index (κ1) is 24.4. The minimum absolute atomic E-state index is 0.250. The molecule has 0 saturated carbocycles. The van der Waals surface area contributed by atoms with Gasteiger partial charge in [-0.3, -0.25) is 9.55 Å². The number of pyridine rings is 2. The molecule has 0 aromatic carbocycles. The zero-order valence-electron chi connectivity index (χ0n) is 18.7. The van der Waals surface area contributed by atoms with E-state index in [1.807, 2.05) is 25.2 Å². The molecule has 0 spiro atoms. The highest BCUT2D eigenvalue weighted by Crippen LogP contribution is 2.37. The number of ether oxygens (including phenoxy) is 1. The van der Waals surface area contributed by atoms with Gasteiger partial charge < -0.3 is 4.74 Å². The van der Waals surface area contributed by atoms with Crippen molar-refractivity contribution in [2.75, 3.05) is 6.61 Å². The first-order chi connectivity index (χ1) is 16.6. The number of halogens is 3. The summed E-state index contributed by atoms with van der Waals surface area (Å²) >= 11 is 0. The third-order valence-corrected chi connectivity index (χ3v) is 6.80. The van der Waals surface area contributed by atoms with E-state index in [0.29, 0.717) is 36.0 Å². The molecule has 0 amide bonds. The van der Waals surface area contributed by atoms with E-state index in [2.05, 4.69) is 16.0 Å². The second-order valence-electron chi connectivity index (χ2n) is 7.78. The molecule has 1 aliphatic rings. The number of nitriles is 1. The van der Waals surface area contributed by atoms with E-state index in [0.717, 1.165) is 24.4 Å². The summed E-state index contributed by atoms with van der Waals surface area (Å²) in [6.45, 7) is 3.16. The van der Waals surface area contributed by atoms with Gasteiger partial charge in [0, 0.05) is 17.3 Å². The topological polar surface area (TPSA) is 110 Å². The molecule has 0 radical (unpaired) electrons. The normalized spacial score (nSPS) is 14.3. The van der Waals surface area contributed by atoms with Crippen LogP contribution in [0.3, 0.4) is 0 Å². The van der Waals surface area contributed by atoms with Crippen molar-refractivity contribution in [2.45, 2.75) is 37.4 Å². The van der Waals surface area contributed by atoms with Crippen molar-refractivity contribution < 1.29 is 26.3 Å². The third kappa shape index (κ3) is 4.65. The van der Waals surface area contributed by atoms with Gasteiger partial charge in [0.15, 0.2) is 0 Å². The largest absolute Gasteiger partial charge is 0.492 e. The van der Waals surface area contributed by atoms with Gasteiger partial charge in [0.2, 0.25) is 10.0 Å². The Labute approximate surface area is 199 Å². The van der Waals surface area contributed by atoms with Crippen molar-refractivity contribution in [3.63, 3.8) is 0 Å². The first-order valence-electron chi connectivity index (χ1n) is 10.6. The fourth-order valence-electron chi connectivity index (χ4n) is 3.43. The third-order valence-electron chi connectivity index (χ3n) is 5.27. The molecule has 3 heterocycles. The van der Waals surface area contributed by atoms with Crippen LogP contribution in [0.5, 0.6) is 5.75 Å². The Bertz CT molecular complexity index is 1480. The predicted octanol–water partition coefficient (Wildman–Crippen LogP) is 4.40. The summed E-state index contributed by atoms with van der Waals surface area (Å²) in [5.74, 6) is 0.497. The minimum Gasteiger partial charge on any atom is -0.492 e. The second-order valence-corrected chi connectivity index (χ2v) is 9.49. The van der Waals surface area contributed by atoms with Crippen molar-refractivity contribution in [3.8, 4) is 23.2 Å². The standard InChI is InChI=1S/C23H20F3N5O3S/c1-3-9-34-16-10-18-19(11-27)21(31(15-5-4-6-15)22(18)29-12-16)20-8-7-17(13-28-20)35(32,33)30-14(2)23(24,25)26/h4-8,10,12-14,30H,3,9H2,1-2H3/t14-/m1/s1. The molecule has 4 rings (SSSR count). The average molecular weight is 504 g/mol. The maximum Gasteiger partial charge on any atom is 0.404 e. The number of sulfonamides is 1. The molecule has 0 unspecified atom stereocenters. The van der Waals surface area contributed by atoms with Crippen LogP contribution in [-0.2, 0) is 10.0 Å². The monoisotopic (exact) mass is 503 g/mol. The Balaban J connectivity index is 1.80. The van der Waals surface area contributed by atoms with Crippen LogP contribution in [0, 0.1) is 11.3 Å². The number of allylic oxidation sites excluding steroid dienone is 4. The van der Waals surface area contributed by atoms with Gasteiger partial charge in [-0.1, -0.05) is 13.0 Å². The molecule has 0 fully saturated rings. The molecule has 1 atom stereocenters. The number of alkyl halides is 3. The van der Waals surface area contributed by atoms with E-state index in [1.54, 1.807) is 21.6 Å². The van der Waals surface area contributed by atoms with Crippen molar-refractivity contribution >= 4 is 26.8 Å². The van der Waals surface area contributed by atoms with Crippen LogP contribution in [0.4, 0.5) is 13.2 Å². The van der Waals surface area contributed by atoms with Crippen LogP contribution in [0.15, 0.2) is 53.7 Å². The van der Waals surface area contributed by atoms with Crippen LogP contribution in [0.2, 0.25) is 0 Å². The summed E-state index contributed by atoms with van der Waals surface area (Å²) in [7, 11) is -4.47. The molecule has 0 saturated heterocycles. The van der Waals surface area contributed by atoms with E-state index in [4.69, 9.17) is 4.74 Å². The Kier molecular flexibility index (Phi) is 6.40. The highest BCUT2D eigenvalue weighted by Gasteiger charge is 2.39. The molecule has 0 aliphatic heterocycles. The van der Waals surface area contributed by atoms with Crippen LogP contribution < -0.4 is 9.46 Å². The molecule has 3 aromatic heterocycles. The highest BCUT2D eigenvalue weighted by atomic mass is 32.2. The Morgan fingerprint density at radius 2 is 2.00 bits per heavy atom. The summed E-state index contributed by atoms with van der Waals surface area (Å²) in [4.78, 5) is 8.22. The van der Waals surface area contributed by atoms with Crippen LogP contribution >= 0.6 is 0 Å². The maximum absolute atomic E-state index is 12.8. The maximum atomic E-state index is 12.8. The van der Waals surface area contributed by atoms with E-state index in [1.165, 1.54) is 6.07 Å². The summed E-state index contributed by atoms with van der Waals surface area (Å²) in [6.07, 6.45) is 4.01. The molecular weight excluding hydrogens is 483 g/mol. The number of nitrogens with zero attached hydrogens (tertiary/aromatic N) is 4. The van der Waals surface area contributed by atoms with Gasteiger partial charge in [0.1, 0.15) is 28.4 Å². The van der Waals surface area contributed by atoms with E-state index < -0.39 is 27.1 Å². The molecule has 35 heavy (non-hydrogen) atoms. The van der Waals surface area contributed by atoms with E-state index in [-0.39, 0.29) is 11.3 Å². The molecule has 0 bridgehead atoms. The lowest BCUT2D eigenvalue weighted by Gasteiger charge is -2.17. The second kappa shape index (κ2) is 9.16. The van der Waals surface area contributed by atoms with Gasteiger partial charge in [-0.05, 0) is 43.7 Å². The number of aromatic nitrogens is 3. The van der Waals surface area contributed by atoms with Gasteiger partial charge in [0.25, 0.3) is 0 Å². The van der Waals surface area contributed by atoms with Gasteiger partial charge in [0.05, 0.1) is 29.8 Å². The molecular formula is C23H20F3N5O3S. The lowest BCUT2D eigenvalue weighted by atomic mass is 10.1. The Morgan fingerprint density at radius 3 is 2.54 bits per heavy atom. The van der Waals surface area contributed by atoms with Crippen molar-refractivity contribution in [1.29, 1.82) is 5.26 Å². The summed E-state index contributed by atoms with van der Waals surface area (Å²) in [5.41, 5.74) is 2.09. The smallest absolute Gasteiger partial charge is 0.404 e. The summed E-state index contributed by atoms with van der Waals surface area (Å²) in [6, 6.07) is 4.09. The lowest BCUT2D eigenvalue weighted by molar-refractivity contribution is -0.147. The fourth-order valence-corrected chi connectivity index (χ4v) is 4.60. The summed E-state index contributed by atoms with van der Waals surface area (Å²) in [5, 5.41) is 10.5. The van der Waals surface area contributed by atoms with Gasteiger partial charge in [-0.2, -0.15) is 23.2 Å². The zero-order valence-corrected chi connectivity index (χ0v) is 19.5. The number of fused-ring (bicyclic) bond motifs is 1. The van der Waals surface area contributed by atoms with Crippen LogP contribution in [0.1, 0.15) is 25.8 Å². The minimum atomic E-state index is -4.74. The zero-order chi connectivity index (χ0) is 25.4. The quantitative estimate of drug-likeness (QED) is 0.488. The number of hydrogen-bond acceptors (Lipinski definition) is 6. The Morgan fingerprint density at radius 1 is 1.26 bits per heavy atom. The number of nitrogens with one attached hydrogen (secondary N) is 1. The average Bonchev–Trinajstić information content (AvgIpc) is 3.09. The molecule has 1 N–H and O–H groups in total. The van der Waals surface area contributed by atoms with Crippen LogP contribution in [-0.4, -0.2) is 41.8 Å². The molecule has 3 aromatic rings. The molecule has 1 aliphatic carbocycles. The van der Waals surface area contributed by atoms with Gasteiger partial charge in [-0.25, -0.2) is 13.4 Å². The predicted molar refractivity (Wildman–Crippen MR) is 123 cm³/mol. The Hall–Kier alpha value is -3.69. The molecule has 8 nitrogen and oxygen atoms in total. The molecule has 12 heteroatoms.